The van der Waals surface area contributed by atoms with Gasteiger partial charge in [0, 0.05) is 16.3 Å². The van der Waals surface area contributed by atoms with Crippen LogP contribution in [0.25, 0.3) is 11.3 Å². The molecule has 0 unspecified atom stereocenters. The summed E-state index contributed by atoms with van der Waals surface area (Å²) < 4.78 is 0. The van der Waals surface area contributed by atoms with Gasteiger partial charge in [-0.2, -0.15) is 5.10 Å². The smallest absolute Gasteiger partial charge is 0.273 e. The van der Waals surface area contributed by atoms with Crippen LogP contribution in [-0.4, -0.2) is 22.1 Å². The first-order valence-electron chi connectivity index (χ1n) is 7.33. The van der Waals surface area contributed by atoms with Crippen molar-refractivity contribution in [3.8, 4) is 11.3 Å². The van der Waals surface area contributed by atoms with E-state index in [0.717, 1.165) is 5.56 Å². The lowest BCUT2D eigenvalue weighted by Gasteiger charge is -2.03. The quantitative estimate of drug-likeness (QED) is 0.425. The molecule has 8 heteroatoms. The highest BCUT2D eigenvalue weighted by Crippen LogP contribution is 2.22. The van der Waals surface area contributed by atoms with E-state index in [0.29, 0.717) is 27.8 Å². The molecule has 0 saturated carbocycles. The lowest BCUT2D eigenvalue weighted by atomic mass is 10.1. The molecule has 0 aliphatic heterocycles. The molecule has 0 bridgehead atoms. The van der Waals surface area contributed by atoms with Gasteiger partial charge in [0.2, 0.25) is 0 Å². The number of nitrogens with two attached hydrogens (primary N) is 2. The molecular formula is C17H15ClN6O. The number of rotatable bonds is 4. The summed E-state index contributed by atoms with van der Waals surface area (Å²) in [5.41, 5.74) is 13.7. The van der Waals surface area contributed by atoms with Crippen LogP contribution in [0.15, 0.2) is 59.6 Å². The average molecular weight is 355 g/mol. The highest BCUT2D eigenvalue weighted by Gasteiger charge is 2.11. The van der Waals surface area contributed by atoms with Crippen molar-refractivity contribution >= 4 is 34.8 Å². The third-order valence-electron chi connectivity index (χ3n) is 3.33. The fourth-order valence-corrected chi connectivity index (χ4v) is 2.40. The number of anilines is 1. The minimum Gasteiger partial charge on any atom is -0.370 e. The zero-order valence-electron chi connectivity index (χ0n) is 13.0. The van der Waals surface area contributed by atoms with Crippen molar-refractivity contribution in [3.05, 3.63) is 65.3 Å². The maximum atomic E-state index is 12.3. The Hall–Kier alpha value is -3.32. The van der Waals surface area contributed by atoms with E-state index in [-0.39, 0.29) is 11.9 Å². The van der Waals surface area contributed by atoms with E-state index in [1.54, 1.807) is 42.5 Å². The first kappa shape index (κ1) is 16.5. The van der Waals surface area contributed by atoms with Gasteiger partial charge >= 0.3 is 0 Å². The van der Waals surface area contributed by atoms with Gasteiger partial charge in [-0.3, -0.25) is 9.89 Å². The SMILES string of the molecule is NC(N)=Nc1ccc(-c2cc(C(=O)Nc3cccc(Cl)c3)[nH]n2)cc1. The summed E-state index contributed by atoms with van der Waals surface area (Å²) in [6.07, 6.45) is 0. The van der Waals surface area contributed by atoms with Crippen molar-refractivity contribution in [1.82, 2.24) is 10.2 Å². The summed E-state index contributed by atoms with van der Waals surface area (Å²) >= 11 is 5.91. The molecule has 0 radical (unpaired) electrons. The molecule has 1 heterocycles. The summed E-state index contributed by atoms with van der Waals surface area (Å²) in [6, 6.07) is 15.7. The lowest BCUT2D eigenvalue weighted by molar-refractivity contribution is 0.102. The Morgan fingerprint density at radius 3 is 2.56 bits per heavy atom. The van der Waals surface area contributed by atoms with Crippen molar-refractivity contribution in [2.75, 3.05) is 5.32 Å². The largest absolute Gasteiger partial charge is 0.370 e. The van der Waals surface area contributed by atoms with Crippen molar-refractivity contribution in [3.63, 3.8) is 0 Å². The van der Waals surface area contributed by atoms with E-state index < -0.39 is 0 Å². The molecule has 0 saturated heterocycles. The number of benzene rings is 2. The van der Waals surface area contributed by atoms with Gasteiger partial charge in [0.05, 0.1) is 11.4 Å². The van der Waals surface area contributed by atoms with Gasteiger partial charge in [-0.05, 0) is 36.4 Å². The fraction of sp³-hybridized carbons (Fsp3) is 0. The van der Waals surface area contributed by atoms with Gasteiger partial charge in [-0.1, -0.05) is 29.8 Å². The van der Waals surface area contributed by atoms with Crippen molar-refractivity contribution in [1.29, 1.82) is 0 Å². The average Bonchev–Trinajstić information content (AvgIpc) is 3.05. The summed E-state index contributed by atoms with van der Waals surface area (Å²) in [4.78, 5) is 16.2. The zero-order valence-corrected chi connectivity index (χ0v) is 13.8. The molecule has 2 aromatic carbocycles. The van der Waals surface area contributed by atoms with Gasteiger partial charge < -0.3 is 16.8 Å². The Labute approximate surface area is 148 Å². The van der Waals surface area contributed by atoms with E-state index in [1.807, 2.05) is 12.1 Å². The maximum Gasteiger partial charge on any atom is 0.273 e. The third kappa shape index (κ3) is 4.15. The van der Waals surface area contributed by atoms with E-state index in [4.69, 9.17) is 23.1 Å². The number of aromatic nitrogens is 2. The first-order chi connectivity index (χ1) is 12.0. The molecule has 0 aliphatic carbocycles. The molecule has 7 nitrogen and oxygen atoms in total. The first-order valence-corrected chi connectivity index (χ1v) is 7.71. The van der Waals surface area contributed by atoms with Gasteiger partial charge in [-0.15, -0.1) is 0 Å². The molecule has 3 rings (SSSR count). The number of aromatic amines is 1. The van der Waals surface area contributed by atoms with Crippen LogP contribution in [0.1, 0.15) is 10.5 Å². The van der Waals surface area contributed by atoms with E-state index >= 15 is 0 Å². The Balaban J connectivity index is 1.75. The number of amides is 1. The number of hydrogen-bond donors (Lipinski definition) is 4. The number of nitrogens with one attached hydrogen (secondary N) is 2. The Morgan fingerprint density at radius 1 is 1.12 bits per heavy atom. The molecular weight excluding hydrogens is 340 g/mol. The Kier molecular flexibility index (Phi) is 4.67. The molecule has 0 aliphatic rings. The molecule has 0 atom stereocenters. The van der Waals surface area contributed by atoms with Crippen LogP contribution in [0.4, 0.5) is 11.4 Å². The molecule has 0 fully saturated rings. The highest BCUT2D eigenvalue weighted by atomic mass is 35.5. The van der Waals surface area contributed by atoms with E-state index in [9.17, 15) is 4.79 Å². The zero-order chi connectivity index (χ0) is 17.8. The lowest BCUT2D eigenvalue weighted by Crippen LogP contribution is -2.21. The molecule has 0 spiro atoms. The van der Waals surface area contributed by atoms with E-state index in [2.05, 4.69) is 20.5 Å². The summed E-state index contributed by atoms with van der Waals surface area (Å²) in [5, 5.41) is 10.2. The standard InChI is InChI=1S/C17H15ClN6O/c18-11-2-1-3-13(8-11)21-16(25)15-9-14(23-24-15)10-4-6-12(7-5-10)22-17(19)20/h1-9H,(H,21,25)(H,23,24)(H4,19,20,22). The monoisotopic (exact) mass is 354 g/mol. The van der Waals surface area contributed by atoms with Gasteiger partial charge in [0.15, 0.2) is 5.96 Å². The van der Waals surface area contributed by atoms with Crippen LogP contribution in [0.2, 0.25) is 5.02 Å². The minimum absolute atomic E-state index is 0.00695. The topological polar surface area (TPSA) is 122 Å². The van der Waals surface area contributed by atoms with Crippen LogP contribution >= 0.6 is 11.6 Å². The van der Waals surface area contributed by atoms with Gasteiger partial charge in [0.25, 0.3) is 5.91 Å². The maximum absolute atomic E-state index is 12.3. The second kappa shape index (κ2) is 7.06. The van der Waals surface area contributed by atoms with Crippen LogP contribution in [-0.2, 0) is 0 Å². The number of nitrogens with zero attached hydrogens (tertiary/aromatic N) is 2. The van der Waals surface area contributed by atoms with Crippen molar-refractivity contribution in [2.45, 2.75) is 0 Å². The van der Waals surface area contributed by atoms with Crippen LogP contribution < -0.4 is 16.8 Å². The summed E-state index contributed by atoms with van der Waals surface area (Å²) in [6.45, 7) is 0. The van der Waals surface area contributed by atoms with Crippen molar-refractivity contribution < 1.29 is 4.79 Å². The predicted octanol–water partition coefficient (Wildman–Crippen LogP) is 2.89. The molecule has 3 aromatic rings. The second-order valence-corrected chi connectivity index (χ2v) is 5.65. The normalized spacial score (nSPS) is 10.3. The number of aliphatic imine (C=N–C) groups is 1. The third-order valence-corrected chi connectivity index (χ3v) is 3.56. The number of guanidine groups is 1. The Bertz CT molecular complexity index is 928. The van der Waals surface area contributed by atoms with E-state index in [1.165, 1.54) is 0 Å². The number of hydrogen-bond acceptors (Lipinski definition) is 3. The number of H-pyrrole nitrogens is 1. The number of carbonyl (C=O) groups excluding carboxylic acids is 1. The molecule has 6 N–H and O–H groups in total. The molecule has 1 aromatic heterocycles. The molecule has 1 amide bonds. The summed E-state index contributed by atoms with van der Waals surface area (Å²) in [5.74, 6) is -0.314. The van der Waals surface area contributed by atoms with Crippen molar-refractivity contribution in [2.24, 2.45) is 16.5 Å². The summed E-state index contributed by atoms with van der Waals surface area (Å²) in [7, 11) is 0. The fourth-order valence-electron chi connectivity index (χ4n) is 2.21. The molecule has 25 heavy (non-hydrogen) atoms. The van der Waals surface area contributed by atoms with Gasteiger partial charge in [0.1, 0.15) is 5.69 Å². The Morgan fingerprint density at radius 2 is 1.88 bits per heavy atom. The van der Waals surface area contributed by atoms with Crippen LogP contribution in [0.5, 0.6) is 0 Å². The minimum atomic E-state index is -0.307. The van der Waals surface area contributed by atoms with Crippen LogP contribution in [0, 0.1) is 0 Å². The highest BCUT2D eigenvalue weighted by molar-refractivity contribution is 6.30. The number of halogens is 1. The van der Waals surface area contributed by atoms with Crippen LogP contribution in [0.3, 0.4) is 0 Å². The predicted molar refractivity (Wildman–Crippen MR) is 98.9 cm³/mol. The van der Waals surface area contributed by atoms with Gasteiger partial charge in [-0.25, -0.2) is 4.99 Å². The second-order valence-electron chi connectivity index (χ2n) is 5.21. The number of carbonyl (C=O) groups is 1. The molecule has 126 valence electrons.